The molecule has 2 amide bonds. The first-order valence-electron chi connectivity index (χ1n) is 10.7. The van der Waals surface area contributed by atoms with Crippen molar-refractivity contribution in [2.45, 2.75) is 26.2 Å². The van der Waals surface area contributed by atoms with Crippen LogP contribution in [-0.2, 0) is 11.2 Å². The summed E-state index contributed by atoms with van der Waals surface area (Å²) in [4.78, 5) is 33.7. The van der Waals surface area contributed by atoms with Gasteiger partial charge in [0.15, 0.2) is 0 Å². The molecule has 1 aliphatic rings. The smallest absolute Gasteiger partial charge is 0.272 e. The van der Waals surface area contributed by atoms with E-state index >= 15 is 0 Å². The zero-order valence-corrected chi connectivity index (χ0v) is 18.5. The maximum atomic E-state index is 13.4. The normalized spacial score (nSPS) is 18.5. The lowest BCUT2D eigenvalue weighted by atomic mass is 9.73. The molecule has 3 aromatic rings. The molecule has 0 aliphatic carbocycles. The second-order valence-corrected chi connectivity index (χ2v) is 8.94. The number of hydrogen-bond donors (Lipinski definition) is 1. The summed E-state index contributed by atoms with van der Waals surface area (Å²) in [6.07, 6.45) is 3.77. The summed E-state index contributed by atoms with van der Waals surface area (Å²) in [5.74, 6) is -0.0879. The van der Waals surface area contributed by atoms with Gasteiger partial charge < -0.3 is 10.2 Å². The third kappa shape index (κ3) is 4.54. The van der Waals surface area contributed by atoms with E-state index in [4.69, 9.17) is 0 Å². The molecule has 1 aromatic carbocycles. The fraction of sp³-hybridized carbons (Fsp3) is 0.320. The summed E-state index contributed by atoms with van der Waals surface area (Å²) < 4.78 is 0. The van der Waals surface area contributed by atoms with Crippen molar-refractivity contribution in [3.8, 4) is 10.4 Å². The number of nitrogens with zero attached hydrogens (tertiary/aromatic N) is 2. The van der Waals surface area contributed by atoms with Gasteiger partial charge in [0.1, 0.15) is 5.69 Å². The van der Waals surface area contributed by atoms with Crippen molar-refractivity contribution in [2.24, 2.45) is 5.41 Å². The van der Waals surface area contributed by atoms with E-state index in [0.29, 0.717) is 31.7 Å². The Kier molecular flexibility index (Phi) is 6.47. The molecule has 1 aliphatic heterocycles. The molecule has 0 radical (unpaired) electrons. The van der Waals surface area contributed by atoms with Crippen LogP contribution < -0.4 is 5.32 Å². The summed E-state index contributed by atoms with van der Waals surface area (Å²) >= 11 is 1.70. The fourth-order valence-corrected chi connectivity index (χ4v) is 5.21. The van der Waals surface area contributed by atoms with Crippen molar-refractivity contribution in [1.29, 1.82) is 0 Å². The topological polar surface area (TPSA) is 62.3 Å². The van der Waals surface area contributed by atoms with Gasteiger partial charge in [0.25, 0.3) is 5.91 Å². The molecule has 160 valence electrons. The van der Waals surface area contributed by atoms with Crippen LogP contribution in [0.3, 0.4) is 0 Å². The van der Waals surface area contributed by atoms with E-state index in [0.717, 1.165) is 24.0 Å². The van der Waals surface area contributed by atoms with Crippen LogP contribution in [0.4, 0.5) is 0 Å². The lowest BCUT2D eigenvalue weighted by molar-refractivity contribution is -0.133. The summed E-state index contributed by atoms with van der Waals surface area (Å²) in [6, 6.07) is 17.8. The van der Waals surface area contributed by atoms with Crippen LogP contribution in [0.2, 0.25) is 0 Å². The van der Waals surface area contributed by atoms with Gasteiger partial charge in [-0.3, -0.25) is 14.6 Å². The Balaban J connectivity index is 1.67. The van der Waals surface area contributed by atoms with Gasteiger partial charge in [-0.25, -0.2) is 0 Å². The largest absolute Gasteiger partial charge is 0.356 e. The predicted molar refractivity (Wildman–Crippen MR) is 124 cm³/mol. The standard InChI is InChI=1S/C25H27N3O2S/c1-2-26-24(30)25(17-19-9-3-4-10-20(19)22-12-7-16-31-22)13-8-15-28(18-25)23(29)21-11-5-6-14-27-21/h3-7,9-12,14,16H,2,8,13,15,17-18H2,1H3,(H,26,30)/t25-/m0/s1. The summed E-state index contributed by atoms with van der Waals surface area (Å²) in [5.41, 5.74) is 2.07. The van der Waals surface area contributed by atoms with Gasteiger partial charge in [0.05, 0.1) is 5.41 Å². The Hall–Kier alpha value is -2.99. The predicted octanol–water partition coefficient (Wildman–Crippen LogP) is 4.41. The Morgan fingerprint density at radius 2 is 1.97 bits per heavy atom. The molecular formula is C25H27N3O2S. The average Bonchev–Trinajstić information content (AvgIpc) is 3.35. The number of carbonyl (C=O) groups is 2. The molecule has 4 rings (SSSR count). The molecule has 3 heterocycles. The van der Waals surface area contributed by atoms with Crippen LogP contribution in [0.5, 0.6) is 0 Å². The molecule has 0 bridgehead atoms. The lowest BCUT2D eigenvalue weighted by Crippen LogP contribution is -2.54. The Morgan fingerprint density at radius 1 is 1.13 bits per heavy atom. The highest BCUT2D eigenvalue weighted by Gasteiger charge is 2.44. The highest BCUT2D eigenvalue weighted by molar-refractivity contribution is 7.13. The van der Waals surface area contributed by atoms with E-state index in [1.807, 2.05) is 31.2 Å². The minimum Gasteiger partial charge on any atom is -0.356 e. The monoisotopic (exact) mass is 433 g/mol. The Morgan fingerprint density at radius 3 is 2.71 bits per heavy atom. The molecule has 1 fully saturated rings. The summed E-state index contributed by atoms with van der Waals surface area (Å²) in [5, 5.41) is 5.11. The van der Waals surface area contributed by atoms with Gasteiger partial charge in [-0.1, -0.05) is 36.4 Å². The molecule has 31 heavy (non-hydrogen) atoms. The van der Waals surface area contributed by atoms with Crippen molar-refractivity contribution in [1.82, 2.24) is 15.2 Å². The van der Waals surface area contributed by atoms with E-state index in [2.05, 4.69) is 33.9 Å². The number of carbonyl (C=O) groups excluding carboxylic acids is 2. The maximum Gasteiger partial charge on any atom is 0.272 e. The number of aromatic nitrogens is 1. The molecule has 6 heteroatoms. The molecule has 1 N–H and O–H groups in total. The van der Waals surface area contributed by atoms with Gasteiger partial charge >= 0.3 is 0 Å². The second-order valence-electron chi connectivity index (χ2n) is 8.00. The Bertz CT molecular complexity index is 1040. The zero-order valence-electron chi connectivity index (χ0n) is 17.7. The number of amides is 2. The molecule has 1 atom stereocenters. The number of likely N-dealkylation sites (tertiary alicyclic amines) is 1. The number of nitrogens with one attached hydrogen (secondary N) is 1. The Labute approximate surface area is 187 Å². The molecule has 1 saturated heterocycles. The van der Waals surface area contributed by atoms with Crippen LogP contribution in [-0.4, -0.2) is 41.3 Å². The maximum absolute atomic E-state index is 13.4. The third-order valence-corrected chi connectivity index (χ3v) is 6.80. The van der Waals surface area contributed by atoms with Crippen molar-refractivity contribution in [3.05, 3.63) is 77.4 Å². The first kappa shape index (κ1) is 21.2. The van der Waals surface area contributed by atoms with Crippen molar-refractivity contribution >= 4 is 23.2 Å². The minimum absolute atomic E-state index is 0.0227. The molecule has 0 unspecified atom stereocenters. The van der Waals surface area contributed by atoms with Crippen molar-refractivity contribution < 1.29 is 9.59 Å². The van der Waals surface area contributed by atoms with Gasteiger partial charge in [0.2, 0.25) is 5.91 Å². The molecule has 0 saturated carbocycles. The number of hydrogen-bond acceptors (Lipinski definition) is 4. The van der Waals surface area contributed by atoms with Gasteiger partial charge in [0, 0.05) is 30.7 Å². The van der Waals surface area contributed by atoms with E-state index in [-0.39, 0.29) is 11.8 Å². The van der Waals surface area contributed by atoms with Crippen LogP contribution in [0, 0.1) is 5.41 Å². The highest BCUT2D eigenvalue weighted by atomic mass is 32.1. The number of rotatable bonds is 6. The highest BCUT2D eigenvalue weighted by Crippen LogP contribution is 2.38. The zero-order chi connectivity index (χ0) is 21.7. The fourth-order valence-electron chi connectivity index (χ4n) is 4.43. The van der Waals surface area contributed by atoms with E-state index in [1.165, 1.54) is 4.88 Å². The van der Waals surface area contributed by atoms with Crippen LogP contribution in [0.25, 0.3) is 10.4 Å². The summed E-state index contributed by atoms with van der Waals surface area (Å²) in [6.45, 7) is 3.54. The van der Waals surface area contributed by atoms with Gasteiger partial charge in [-0.05, 0) is 60.9 Å². The minimum atomic E-state index is -0.661. The second kappa shape index (κ2) is 9.43. The number of pyridine rings is 1. The average molecular weight is 434 g/mol. The van der Waals surface area contributed by atoms with Crippen LogP contribution in [0.15, 0.2) is 66.2 Å². The number of thiophene rings is 1. The third-order valence-electron chi connectivity index (χ3n) is 5.90. The quantitative estimate of drug-likeness (QED) is 0.626. The molecule has 2 aromatic heterocycles. The number of piperidine rings is 1. The van der Waals surface area contributed by atoms with E-state index < -0.39 is 5.41 Å². The first-order valence-corrected chi connectivity index (χ1v) is 11.6. The first-order chi connectivity index (χ1) is 15.1. The van der Waals surface area contributed by atoms with E-state index in [1.54, 1.807) is 34.6 Å². The summed E-state index contributed by atoms with van der Waals surface area (Å²) in [7, 11) is 0. The molecule has 5 nitrogen and oxygen atoms in total. The van der Waals surface area contributed by atoms with Gasteiger partial charge in [-0.15, -0.1) is 11.3 Å². The SMILES string of the molecule is CCNC(=O)[C@]1(Cc2ccccc2-c2cccs2)CCCN(C(=O)c2ccccn2)C1. The van der Waals surface area contributed by atoms with Crippen molar-refractivity contribution in [2.75, 3.05) is 19.6 Å². The van der Waals surface area contributed by atoms with Crippen molar-refractivity contribution in [3.63, 3.8) is 0 Å². The van der Waals surface area contributed by atoms with Crippen LogP contribution >= 0.6 is 11.3 Å². The number of benzene rings is 1. The van der Waals surface area contributed by atoms with Gasteiger partial charge in [-0.2, -0.15) is 0 Å². The van der Waals surface area contributed by atoms with Crippen LogP contribution in [0.1, 0.15) is 35.8 Å². The van der Waals surface area contributed by atoms with E-state index in [9.17, 15) is 9.59 Å². The molecular weight excluding hydrogens is 406 g/mol. The molecule has 0 spiro atoms. The lowest BCUT2D eigenvalue weighted by Gasteiger charge is -2.42.